The van der Waals surface area contributed by atoms with E-state index in [1.54, 1.807) is 23.0 Å². The molecular weight excluding hydrogens is 470 g/mol. The van der Waals surface area contributed by atoms with Gasteiger partial charge in [-0.15, -0.1) is 0 Å². The maximum atomic E-state index is 12.4. The van der Waals surface area contributed by atoms with Gasteiger partial charge in [0, 0.05) is 11.4 Å². The highest BCUT2D eigenvalue weighted by atomic mass is 16.6. The van der Waals surface area contributed by atoms with E-state index >= 15 is 0 Å². The summed E-state index contributed by atoms with van der Waals surface area (Å²) in [6.45, 7) is 7.36. The molecule has 1 aromatic heterocycles. The van der Waals surface area contributed by atoms with Crippen LogP contribution in [-0.4, -0.2) is 41.6 Å². The van der Waals surface area contributed by atoms with E-state index in [2.05, 4.69) is 5.10 Å². The first kappa shape index (κ1) is 24.6. The van der Waals surface area contributed by atoms with E-state index < -0.39 is 0 Å². The van der Waals surface area contributed by atoms with Gasteiger partial charge in [-0.1, -0.05) is 26.0 Å². The van der Waals surface area contributed by atoms with Gasteiger partial charge in [0.1, 0.15) is 25.1 Å². The van der Waals surface area contributed by atoms with Crippen LogP contribution in [0.1, 0.15) is 42.8 Å². The number of carbonyl (C=O) groups is 1. The van der Waals surface area contributed by atoms with Gasteiger partial charge in [0.25, 0.3) is 0 Å². The fourth-order valence-corrected chi connectivity index (χ4v) is 4.24. The lowest BCUT2D eigenvalue weighted by atomic mass is 10.0. The van der Waals surface area contributed by atoms with Crippen LogP contribution in [0.5, 0.6) is 17.2 Å². The Labute approximate surface area is 215 Å². The van der Waals surface area contributed by atoms with E-state index in [1.165, 1.54) is 0 Å². The zero-order valence-corrected chi connectivity index (χ0v) is 21.2. The monoisotopic (exact) mass is 501 g/mol. The molecule has 0 fully saturated rings. The Kier molecular flexibility index (Phi) is 7.01. The number of hydrogen-bond acceptors (Lipinski definition) is 7. The van der Waals surface area contributed by atoms with Crippen LogP contribution >= 0.6 is 0 Å². The topological polar surface area (TPSA) is 97.8 Å². The van der Waals surface area contributed by atoms with E-state index in [0.29, 0.717) is 36.9 Å². The van der Waals surface area contributed by atoms with Crippen molar-refractivity contribution in [3.05, 3.63) is 78.0 Å². The van der Waals surface area contributed by atoms with Crippen LogP contribution in [0.15, 0.2) is 66.9 Å². The number of fused-ring (bicyclic) bond motifs is 2. The lowest BCUT2D eigenvalue weighted by molar-refractivity contribution is 0.0459. The van der Waals surface area contributed by atoms with Crippen molar-refractivity contribution >= 4 is 16.9 Å². The lowest BCUT2D eigenvalue weighted by Gasteiger charge is -2.25. The molecule has 192 valence electrons. The maximum absolute atomic E-state index is 12.4. The number of hydrogen-bond donors (Lipinski definition) is 1. The second kappa shape index (κ2) is 10.5. The van der Waals surface area contributed by atoms with E-state index in [0.717, 1.165) is 27.9 Å². The molecule has 0 unspecified atom stereocenters. The number of esters is 1. The summed E-state index contributed by atoms with van der Waals surface area (Å²) in [5.74, 6) is 2.03. The smallest absolute Gasteiger partial charge is 0.338 e. The van der Waals surface area contributed by atoms with E-state index in [1.807, 2.05) is 69.3 Å². The predicted molar refractivity (Wildman–Crippen MR) is 141 cm³/mol. The lowest BCUT2D eigenvalue weighted by Crippen LogP contribution is -2.29. The van der Waals surface area contributed by atoms with Gasteiger partial charge in [-0.05, 0) is 66.9 Å². The van der Waals surface area contributed by atoms with E-state index in [9.17, 15) is 4.79 Å². The van der Waals surface area contributed by atoms with Gasteiger partial charge in [0.05, 0.1) is 29.6 Å². The standard InChI is InChI=1S/C29H31N3O5/c1-18(2)17-36-29(33)21-5-4-6-23(13-21)32-25-9-8-24(14-22(25)16-31-32)37-28(19(3)30)20-7-10-26-27(15-20)35-12-11-34-26/h4-10,13-16,18-19,28H,11-12,17,30H2,1-3H3/t19-,28-/m0/s1. The summed E-state index contributed by atoms with van der Waals surface area (Å²) in [4.78, 5) is 12.4. The van der Waals surface area contributed by atoms with Crippen LogP contribution in [0, 0.1) is 5.92 Å². The van der Waals surface area contributed by atoms with Crippen molar-refractivity contribution in [3.63, 3.8) is 0 Å². The molecule has 8 heteroatoms. The van der Waals surface area contributed by atoms with Crippen molar-refractivity contribution in [1.29, 1.82) is 0 Å². The second-order valence-electron chi connectivity index (χ2n) is 9.62. The molecule has 0 bridgehead atoms. The predicted octanol–water partition coefficient (Wildman–Crippen LogP) is 5.08. The number of aromatic nitrogens is 2. The third-order valence-corrected chi connectivity index (χ3v) is 6.05. The molecule has 37 heavy (non-hydrogen) atoms. The first-order valence-corrected chi connectivity index (χ1v) is 12.5. The first-order chi connectivity index (χ1) is 17.9. The summed E-state index contributed by atoms with van der Waals surface area (Å²) in [7, 11) is 0. The molecule has 4 aromatic rings. The van der Waals surface area contributed by atoms with Gasteiger partial charge >= 0.3 is 5.97 Å². The molecule has 0 saturated carbocycles. The minimum atomic E-state index is -0.378. The minimum Gasteiger partial charge on any atom is -0.486 e. The van der Waals surface area contributed by atoms with Crippen molar-refractivity contribution in [2.45, 2.75) is 32.9 Å². The Morgan fingerprint density at radius 2 is 1.84 bits per heavy atom. The molecule has 0 aliphatic carbocycles. The van der Waals surface area contributed by atoms with Gasteiger partial charge in [0.15, 0.2) is 11.5 Å². The van der Waals surface area contributed by atoms with Crippen molar-refractivity contribution in [3.8, 4) is 22.9 Å². The van der Waals surface area contributed by atoms with Crippen molar-refractivity contribution < 1.29 is 23.7 Å². The SMILES string of the molecule is CC(C)COC(=O)c1cccc(-n2ncc3cc(O[C@H](c4ccc5c(c4)OCCO5)[C@H](C)N)ccc32)c1. The molecule has 1 aliphatic heterocycles. The zero-order valence-electron chi connectivity index (χ0n) is 21.2. The Morgan fingerprint density at radius 3 is 2.62 bits per heavy atom. The number of ether oxygens (including phenoxy) is 4. The molecular formula is C29H31N3O5. The number of benzene rings is 3. The van der Waals surface area contributed by atoms with Crippen LogP contribution < -0.4 is 19.9 Å². The molecule has 2 N–H and O–H groups in total. The molecule has 2 heterocycles. The van der Waals surface area contributed by atoms with Crippen LogP contribution in [0.25, 0.3) is 16.6 Å². The van der Waals surface area contributed by atoms with Gasteiger partial charge in [-0.3, -0.25) is 0 Å². The number of carbonyl (C=O) groups excluding carboxylic acids is 1. The summed E-state index contributed by atoms with van der Waals surface area (Å²) < 4.78 is 24.9. The fourth-order valence-electron chi connectivity index (χ4n) is 4.24. The molecule has 2 atom stereocenters. The summed E-state index contributed by atoms with van der Waals surface area (Å²) in [6, 6.07) is 18.6. The largest absolute Gasteiger partial charge is 0.486 e. The van der Waals surface area contributed by atoms with E-state index in [-0.39, 0.29) is 24.0 Å². The molecule has 0 amide bonds. The normalized spacial score (nSPS) is 14.4. The molecule has 3 aromatic carbocycles. The molecule has 8 nitrogen and oxygen atoms in total. The number of rotatable bonds is 8. The number of nitrogens with zero attached hydrogens (tertiary/aromatic N) is 2. The van der Waals surface area contributed by atoms with Gasteiger partial charge in [-0.2, -0.15) is 5.10 Å². The highest BCUT2D eigenvalue weighted by molar-refractivity contribution is 5.90. The van der Waals surface area contributed by atoms with Crippen molar-refractivity contribution in [2.75, 3.05) is 19.8 Å². The zero-order chi connectivity index (χ0) is 25.9. The van der Waals surface area contributed by atoms with Crippen LogP contribution in [0.3, 0.4) is 0 Å². The highest BCUT2D eigenvalue weighted by Crippen LogP contribution is 2.35. The Morgan fingerprint density at radius 1 is 1.03 bits per heavy atom. The third-order valence-electron chi connectivity index (χ3n) is 6.05. The van der Waals surface area contributed by atoms with Crippen LogP contribution in [-0.2, 0) is 4.74 Å². The van der Waals surface area contributed by atoms with Gasteiger partial charge < -0.3 is 24.7 Å². The fraction of sp³-hybridized carbons (Fsp3) is 0.310. The molecule has 1 aliphatic rings. The quantitative estimate of drug-likeness (QED) is 0.336. The van der Waals surface area contributed by atoms with Crippen molar-refractivity contribution in [1.82, 2.24) is 9.78 Å². The summed E-state index contributed by atoms with van der Waals surface area (Å²) >= 11 is 0. The summed E-state index contributed by atoms with van der Waals surface area (Å²) in [5.41, 5.74) is 9.37. The summed E-state index contributed by atoms with van der Waals surface area (Å²) in [5, 5.41) is 5.45. The minimum absolute atomic E-state index is 0.265. The average Bonchev–Trinajstić information content (AvgIpc) is 3.33. The third kappa shape index (κ3) is 5.39. The van der Waals surface area contributed by atoms with Crippen LogP contribution in [0.4, 0.5) is 0 Å². The van der Waals surface area contributed by atoms with Gasteiger partial charge in [0.2, 0.25) is 0 Å². The van der Waals surface area contributed by atoms with Crippen LogP contribution in [0.2, 0.25) is 0 Å². The molecule has 0 saturated heterocycles. The maximum Gasteiger partial charge on any atom is 0.338 e. The first-order valence-electron chi connectivity index (χ1n) is 12.5. The molecule has 0 spiro atoms. The second-order valence-corrected chi connectivity index (χ2v) is 9.62. The highest BCUT2D eigenvalue weighted by Gasteiger charge is 2.22. The van der Waals surface area contributed by atoms with Gasteiger partial charge in [-0.25, -0.2) is 9.48 Å². The van der Waals surface area contributed by atoms with Crippen molar-refractivity contribution in [2.24, 2.45) is 11.7 Å². The Balaban J connectivity index is 1.38. The molecule has 5 rings (SSSR count). The molecule has 0 radical (unpaired) electrons. The Bertz CT molecular complexity index is 1410. The summed E-state index contributed by atoms with van der Waals surface area (Å²) in [6.07, 6.45) is 1.40. The Hall–Kier alpha value is -4.04. The number of nitrogens with two attached hydrogens (primary N) is 1. The average molecular weight is 502 g/mol. The van der Waals surface area contributed by atoms with E-state index in [4.69, 9.17) is 24.7 Å².